The average Bonchev–Trinajstić information content (AvgIpc) is 3.03. The van der Waals surface area contributed by atoms with E-state index >= 15 is 0 Å². The van der Waals surface area contributed by atoms with E-state index in [0.29, 0.717) is 71.7 Å². The van der Waals surface area contributed by atoms with Crippen LogP contribution in [0.25, 0.3) is 33.4 Å². The fourth-order valence-electron chi connectivity index (χ4n) is 4.75. The Morgan fingerprint density at radius 1 is 0.826 bits per heavy atom. The minimum atomic E-state index is -0.514. The van der Waals surface area contributed by atoms with Crippen molar-refractivity contribution in [3.05, 3.63) is 96.3 Å². The third-order valence-electron chi connectivity index (χ3n) is 7.05. The SMILES string of the molecule is CN(C)c1ccc(C(=O)OCCCCOC(=O)c2ccccc2-c2c3cc(I)c(=O)c(I)c-3oc3c(I)c([O-])c(I)cc23)cc1.[Na+]. The maximum absolute atomic E-state index is 13.4. The first kappa shape index (κ1) is 37.6. The van der Waals surface area contributed by atoms with E-state index in [4.69, 9.17) is 13.9 Å². The van der Waals surface area contributed by atoms with Crippen LogP contribution in [0.2, 0.25) is 0 Å². The van der Waals surface area contributed by atoms with Crippen LogP contribution < -0.4 is 45.0 Å². The number of ether oxygens (including phenoxy) is 2. The van der Waals surface area contributed by atoms with Crippen LogP contribution in [-0.2, 0) is 9.47 Å². The molecule has 3 aromatic carbocycles. The van der Waals surface area contributed by atoms with Gasteiger partial charge in [0.1, 0.15) is 9.15 Å². The van der Waals surface area contributed by atoms with E-state index in [9.17, 15) is 19.5 Å². The van der Waals surface area contributed by atoms with Gasteiger partial charge in [-0.2, -0.15) is 0 Å². The summed E-state index contributed by atoms with van der Waals surface area (Å²) in [5.74, 6) is -0.725. The molecule has 0 aromatic heterocycles. The molecule has 3 aromatic rings. The first-order valence-electron chi connectivity index (χ1n) is 13.6. The summed E-state index contributed by atoms with van der Waals surface area (Å²) in [7, 11) is 3.86. The molecule has 0 bridgehead atoms. The molecular formula is C33H24I4NNaO7. The van der Waals surface area contributed by atoms with E-state index in [1.54, 1.807) is 36.4 Å². The smallest absolute Gasteiger partial charge is 0.871 e. The van der Waals surface area contributed by atoms with Crippen LogP contribution in [0.5, 0.6) is 5.75 Å². The maximum Gasteiger partial charge on any atom is 1.00 e. The average molecular weight is 1080 g/mol. The summed E-state index contributed by atoms with van der Waals surface area (Å²) in [6.07, 6.45) is 1.02. The minimum Gasteiger partial charge on any atom is -0.871 e. The van der Waals surface area contributed by atoms with E-state index < -0.39 is 11.9 Å². The van der Waals surface area contributed by atoms with Crippen LogP contribution in [0.1, 0.15) is 33.6 Å². The summed E-state index contributed by atoms with van der Waals surface area (Å²) in [4.78, 5) is 40.6. The van der Waals surface area contributed by atoms with E-state index in [-0.39, 0.29) is 53.9 Å². The van der Waals surface area contributed by atoms with Crippen molar-refractivity contribution in [2.45, 2.75) is 12.8 Å². The van der Waals surface area contributed by atoms with Crippen LogP contribution in [0, 0.1) is 14.3 Å². The second-order valence-corrected chi connectivity index (χ2v) is 14.7. The minimum absolute atomic E-state index is 0. The molecule has 0 spiro atoms. The molecule has 46 heavy (non-hydrogen) atoms. The number of hydrogen-bond acceptors (Lipinski definition) is 8. The number of fused-ring (bicyclic) bond motifs is 2. The molecule has 0 radical (unpaired) electrons. The van der Waals surface area contributed by atoms with Crippen molar-refractivity contribution in [1.82, 2.24) is 0 Å². The zero-order chi connectivity index (χ0) is 32.4. The van der Waals surface area contributed by atoms with Gasteiger partial charge in [0.25, 0.3) is 0 Å². The standard InChI is InChI=1S/C33H25I4NO7.Na/c1-38(2)18-11-9-17(10-12-18)32(41)43-13-5-6-14-44-33(42)20-8-4-3-7-19(20)25-21-15-23(34)28(39)26(36)30(21)45-31-22(25)16-24(35)29(40)27(31)37;/h3-4,7-12,15-16,39H,5-6,13-14H2,1-2H3;/q;+1/p-1. The van der Waals surface area contributed by atoms with Gasteiger partial charge in [0.05, 0.1) is 27.9 Å². The number of anilines is 1. The van der Waals surface area contributed by atoms with Gasteiger partial charge >= 0.3 is 41.5 Å². The van der Waals surface area contributed by atoms with Crippen molar-refractivity contribution >= 4 is 119 Å². The second-order valence-electron chi connectivity index (χ2n) is 10.2. The number of halogens is 4. The molecular weight excluding hydrogens is 1050 g/mol. The predicted molar refractivity (Wildman–Crippen MR) is 205 cm³/mol. The molecule has 0 fully saturated rings. The number of carbonyl (C=O) groups is 2. The van der Waals surface area contributed by atoms with Gasteiger partial charge in [-0.25, -0.2) is 9.59 Å². The monoisotopic (exact) mass is 1080 g/mol. The molecule has 13 heteroatoms. The molecule has 2 aliphatic rings. The topological polar surface area (TPSA) is 109 Å². The normalized spacial score (nSPS) is 10.9. The zero-order valence-electron chi connectivity index (χ0n) is 24.9. The molecule has 0 unspecified atom stereocenters. The number of rotatable bonds is 9. The van der Waals surface area contributed by atoms with E-state index in [0.717, 1.165) is 5.69 Å². The van der Waals surface area contributed by atoms with Gasteiger partial charge in [-0.15, -0.1) is 0 Å². The van der Waals surface area contributed by atoms with Crippen LogP contribution >= 0.6 is 90.4 Å². The molecule has 1 heterocycles. The number of unbranched alkanes of at least 4 members (excludes halogenated alkanes) is 1. The van der Waals surface area contributed by atoms with Gasteiger partial charge in [0.2, 0.25) is 5.43 Å². The number of benzene rings is 4. The third-order valence-corrected chi connectivity index (χ3v) is 10.6. The van der Waals surface area contributed by atoms with Crippen LogP contribution in [-0.4, -0.2) is 39.2 Å². The fraction of sp³-hybridized carbons (Fsp3) is 0.182. The van der Waals surface area contributed by atoms with Crippen molar-refractivity contribution in [2.75, 3.05) is 32.2 Å². The summed E-state index contributed by atoms with van der Waals surface area (Å²) in [5.41, 5.74) is 3.92. The van der Waals surface area contributed by atoms with E-state index in [1.807, 2.05) is 134 Å². The molecule has 1 aliphatic carbocycles. The molecule has 8 nitrogen and oxygen atoms in total. The quantitative estimate of drug-likeness (QED) is 0.0674. The fourth-order valence-corrected chi connectivity index (χ4v) is 8.32. The predicted octanol–water partition coefficient (Wildman–Crippen LogP) is 4.92. The first-order chi connectivity index (χ1) is 21.5. The van der Waals surface area contributed by atoms with Gasteiger partial charge in [-0.3, -0.25) is 4.79 Å². The molecule has 0 amide bonds. The van der Waals surface area contributed by atoms with Gasteiger partial charge in [-0.05, 0) is 151 Å². The van der Waals surface area contributed by atoms with E-state index in [1.165, 1.54) is 0 Å². The van der Waals surface area contributed by atoms with Crippen molar-refractivity contribution in [1.29, 1.82) is 0 Å². The zero-order valence-corrected chi connectivity index (χ0v) is 35.5. The Kier molecular flexibility index (Phi) is 13.5. The molecule has 0 N–H and O–H groups in total. The van der Waals surface area contributed by atoms with Crippen LogP contribution in [0.4, 0.5) is 5.69 Å². The summed E-state index contributed by atoms with van der Waals surface area (Å²) >= 11 is 7.94. The maximum atomic E-state index is 13.4. The summed E-state index contributed by atoms with van der Waals surface area (Å²) < 4.78 is 19.1. The van der Waals surface area contributed by atoms with Gasteiger partial charge in [0.15, 0.2) is 5.76 Å². The number of esters is 2. The molecule has 0 saturated heterocycles. The molecule has 1 aliphatic heterocycles. The summed E-state index contributed by atoms with van der Waals surface area (Å²) in [5, 5.41) is 13.5. The Balaban J connectivity index is 0.00000480. The molecule has 0 saturated carbocycles. The van der Waals surface area contributed by atoms with Crippen molar-refractivity contribution in [2.24, 2.45) is 0 Å². The Bertz CT molecular complexity index is 1960. The number of nitrogens with zero attached hydrogens (tertiary/aromatic N) is 1. The van der Waals surface area contributed by atoms with Crippen molar-refractivity contribution < 1.29 is 58.1 Å². The Morgan fingerprint density at radius 3 is 2.11 bits per heavy atom. The summed E-state index contributed by atoms with van der Waals surface area (Å²) in [6.45, 7) is 0.338. The van der Waals surface area contributed by atoms with Crippen molar-refractivity contribution in [3.63, 3.8) is 0 Å². The van der Waals surface area contributed by atoms with Gasteiger partial charge in [0, 0.05) is 43.4 Å². The first-order valence-corrected chi connectivity index (χ1v) is 18.0. The molecule has 232 valence electrons. The molecule has 5 rings (SSSR count). The summed E-state index contributed by atoms with van der Waals surface area (Å²) in [6, 6.07) is 17.8. The second kappa shape index (κ2) is 16.5. The van der Waals surface area contributed by atoms with E-state index in [2.05, 4.69) is 0 Å². The Hall–Kier alpha value is -1.19. The van der Waals surface area contributed by atoms with Crippen molar-refractivity contribution in [3.8, 4) is 28.2 Å². The number of carbonyl (C=O) groups excluding carboxylic acids is 2. The third kappa shape index (κ3) is 7.98. The number of hydrogen-bond donors (Lipinski definition) is 0. The Labute approximate surface area is 342 Å². The van der Waals surface area contributed by atoms with Gasteiger partial charge < -0.3 is 23.9 Å². The van der Waals surface area contributed by atoms with Gasteiger partial charge in [-0.1, -0.05) is 23.9 Å². The van der Waals surface area contributed by atoms with Crippen LogP contribution in [0.3, 0.4) is 0 Å². The van der Waals surface area contributed by atoms with Crippen LogP contribution in [0.15, 0.2) is 69.9 Å². The molecule has 0 atom stereocenters. The Morgan fingerprint density at radius 2 is 1.46 bits per heavy atom. The largest absolute Gasteiger partial charge is 1.00 e.